The van der Waals surface area contributed by atoms with Crippen LogP contribution in [0.2, 0.25) is 0 Å². The standard InChI is InChI=1S/C9H9NO4/c1-14-7-4-2-6(3-5-7)8(11)9(12)10-13/h2-5,13H,1H3,(H,10,12). The number of amides is 1. The van der Waals surface area contributed by atoms with Crippen molar-refractivity contribution in [1.29, 1.82) is 0 Å². The zero-order chi connectivity index (χ0) is 10.6. The average Bonchev–Trinajstić information content (AvgIpc) is 2.27. The molecule has 0 radical (unpaired) electrons. The van der Waals surface area contributed by atoms with Crippen LogP contribution in [0.4, 0.5) is 0 Å². The van der Waals surface area contributed by atoms with Gasteiger partial charge in [-0.3, -0.25) is 14.8 Å². The molecular weight excluding hydrogens is 186 g/mol. The van der Waals surface area contributed by atoms with Crippen LogP contribution in [-0.4, -0.2) is 24.0 Å². The van der Waals surface area contributed by atoms with E-state index in [0.29, 0.717) is 5.75 Å². The second-order valence-corrected chi connectivity index (χ2v) is 2.50. The number of Topliss-reactive ketones (excluding diaryl/α,β-unsaturated/α-hetero) is 1. The molecule has 0 spiro atoms. The zero-order valence-electron chi connectivity index (χ0n) is 7.48. The summed E-state index contributed by atoms with van der Waals surface area (Å²) in [6, 6.07) is 5.99. The first-order valence-corrected chi connectivity index (χ1v) is 3.82. The van der Waals surface area contributed by atoms with Gasteiger partial charge in [-0.2, -0.15) is 0 Å². The van der Waals surface area contributed by atoms with Gasteiger partial charge in [0.25, 0.3) is 5.78 Å². The molecule has 0 saturated heterocycles. The fourth-order valence-corrected chi connectivity index (χ4v) is 0.924. The van der Waals surface area contributed by atoms with Crippen molar-refractivity contribution in [2.75, 3.05) is 7.11 Å². The predicted molar refractivity (Wildman–Crippen MR) is 47.3 cm³/mol. The first-order valence-electron chi connectivity index (χ1n) is 3.82. The molecule has 0 aliphatic rings. The van der Waals surface area contributed by atoms with E-state index in [4.69, 9.17) is 9.94 Å². The molecule has 5 nitrogen and oxygen atoms in total. The van der Waals surface area contributed by atoms with Crippen molar-refractivity contribution in [2.24, 2.45) is 0 Å². The number of hydrogen-bond donors (Lipinski definition) is 2. The molecule has 1 amide bonds. The van der Waals surface area contributed by atoms with Crippen molar-refractivity contribution in [2.45, 2.75) is 0 Å². The highest BCUT2D eigenvalue weighted by Crippen LogP contribution is 2.11. The molecule has 0 atom stereocenters. The van der Waals surface area contributed by atoms with Crippen LogP contribution in [0, 0.1) is 0 Å². The SMILES string of the molecule is COc1ccc(C(=O)C(=O)NO)cc1. The minimum absolute atomic E-state index is 0.192. The molecule has 0 aliphatic carbocycles. The summed E-state index contributed by atoms with van der Waals surface area (Å²) in [6.07, 6.45) is 0. The van der Waals surface area contributed by atoms with Crippen molar-refractivity contribution in [3.05, 3.63) is 29.8 Å². The molecule has 0 saturated carbocycles. The number of ketones is 1. The van der Waals surface area contributed by atoms with Gasteiger partial charge in [-0.25, -0.2) is 5.48 Å². The lowest BCUT2D eigenvalue weighted by atomic mass is 10.1. The largest absolute Gasteiger partial charge is 0.497 e. The summed E-state index contributed by atoms with van der Waals surface area (Å²) < 4.78 is 4.87. The minimum Gasteiger partial charge on any atom is -0.497 e. The average molecular weight is 195 g/mol. The Morgan fingerprint density at radius 1 is 1.29 bits per heavy atom. The molecule has 0 unspecified atom stereocenters. The van der Waals surface area contributed by atoms with Crippen molar-refractivity contribution in [1.82, 2.24) is 5.48 Å². The molecule has 74 valence electrons. The van der Waals surface area contributed by atoms with Gasteiger partial charge in [0.2, 0.25) is 0 Å². The Kier molecular flexibility index (Phi) is 3.19. The van der Waals surface area contributed by atoms with Gasteiger partial charge in [0, 0.05) is 5.56 Å². The molecular formula is C9H9NO4. The Hall–Kier alpha value is -1.88. The van der Waals surface area contributed by atoms with Crippen molar-refractivity contribution < 1.29 is 19.5 Å². The number of carbonyl (C=O) groups is 2. The van der Waals surface area contributed by atoms with Gasteiger partial charge in [0.1, 0.15) is 5.75 Å². The van der Waals surface area contributed by atoms with Crippen LogP contribution in [0.15, 0.2) is 24.3 Å². The van der Waals surface area contributed by atoms with E-state index in [1.807, 2.05) is 0 Å². The molecule has 1 aromatic carbocycles. The molecule has 0 aliphatic heterocycles. The van der Waals surface area contributed by atoms with Gasteiger partial charge < -0.3 is 4.74 Å². The summed E-state index contributed by atoms with van der Waals surface area (Å²) >= 11 is 0. The number of hydroxylamine groups is 1. The van der Waals surface area contributed by atoms with Crippen LogP contribution in [0.25, 0.3) is 0 Å². The van der Waals surface area contributed by atoms with Crippen molar-refractivity contribution in [3.63, 3.8) is 0 Å². The highest BCUT2D eigenvalue weighted by Gasteiger charge is 2.14. The summed E-state index contributed by atoms with van der Waals surface area (Å²) in [5, 5.41) is 8.22. The van der Waals surface area contributed by atoms with E-state index in [1.165, 1.54) is 24.7 Å². The first kappa shape index (κ1) is 10.2. The van der Waals surface area contributed by atoms with Gasteiger partial charge in [0.15, 0.2) is 0 Å². The minimum atomic E-state index is -1.06. The molecule has 0 heterocycles. The third kappa shape index (κ3) is 2.08. The van der Waals surface area contributed by atoms with E-state index in [9.17, 15) is 9.59 Å². The number of hydrogen-bond acceptors (Lipinski definition) is 4. The lowest BCUT2D eigenvalue weighted by Crippen LogP contribution is -2.27. The van der Waals surface area contributed by atoms with E-state index >= 15 is 0 Å². The third-order valence-corrected chi connectivity index (χ3v) is 1.66. The maximum atomic E-state index is 11.2. The fourth-order valence-electron chi connectivity index (χ4n) is 0.924. The number of nitrogens with one attached hydrogen (secondary N) is 1. The number of ether oxygens (including phenoxy) is 1. The topological polar surface area (TPSA) is 75.6 Å². The molecule has 5 heteroatoms. The molecule has 14 heavy (non-hydrogen) atoms. The number of benzene rings is 1. The molecule has 2 N–H and O–H groups in total. The molecule has 0 fully saturated rings. The number of rotatable bonds is 3. The normalized spacial score (nSPS) is 9.29. The maximum Gasteiger partial charge on any atom is 0.315 e. The Balaban J connectivity index is 2.87. The third-order valence-electron chi connectivity index (χ3n) is 1.66. The lowest BCUT2D eigenvalue weighted by Gasteiger charge is -2.01. The molecule has 0 aromatic heterocycles. The van der Waals surface area contributed by atoms with Crippen LogP contribution < -0.4 is 10.2 Å². The summed E-state index contributed by atoms with van der Waals surface area (Å²) in [4.78, 5) is 21.9. The van der Waals surface area contributed by atoms with Crippen LogP contribution in [-0.2, 0) is 4.79 Å². The predicted octanol–water partition coefficient (Wildman–Crippen LogP) is 0.383. The highest BCUT2D eigenvalue weighted by molar-refractivity contribution is 6.42. The van der Waals surface area contributed by atoms with Crippen LogP contribution in [0.3, 0.4) is 0 Å². The first-order chi connectivity index (χ1) is 6.69. The molecule has 0 bridgehead atoms. The van der Waals surface area contributed by atoms with Gasteiger partial charge in [-0.15, -0.1) is 0 Å². The van der Waals surface area contributed by atoms with Gasteiger partial charge in [0.05, 0.1) is 7.11 Å². The van der Waals surface area contributed by atoms with Crippen molar-refractivity contribution >= 4 is 11.7 Å². The molecule has 1 aromatic rings. The maximum absolute atomic E-state index is 11.2. The van der Waals surface area contributed by atoms with E-state index in [0.717, 1.165) is 0 Å². The number of carbonyl (C=O) groups excluding carboxylic acids is 2. The second kappa shape index (κ2) is 4.38. The summed E-state index contributed by atoms with van der Waals surface area (Å²) in [6.45, 7) is 0. The fraction of sp³-hybridized carbons (Fsp3) is 0.111. The Morgan fingerprint density at radius 3 is 2.29 bits per heavy atom. The summed E-state index contributed by atoms with van der Waals surface area (Å²) in [5.41, 5.74) is 1.46. The van der Waals surface area contributed by atoms with Crippen molar-refractivity contribution in [3.8, 4) is 5.75 Å². The van der Waals surface area contributed by atoms with Gasteiger partial charge in [-0.1, -0.05) is 0 Å². The molecule has 1 rings (SSSR count). The van der Waals surface area contributed by atoms with E-state index in [2.05, 4.69) is 0 Å². The van der Waals surface area contributed by atoms with Crippen LogP contribution in [0.5, 0.6) is 5.75 Å². The quantitative estimate of drug-likeness (QED) is 0.316. The van der Waals surface area contributed by atoms with Crippen LogP contribution in [0.1, 0.15) is 10.4 Å². The summed E-state index contributed by atoms with van der Waals surface area (Å²) in [7, 11) is 1.50. The lowest BCUT2D eigenvalue weighted by molar-refractivity contribution is -0.124. The van der Waals surface area contributed by atoms with Crippen LogP contribution >= 0.6 is 0 Å². The van der Waals surface area contributed by atoms with Gasteiger partial charge >= 0.3 is 5.91 Å². The zero-order valence-corrected chi connectivity index (χ0v) is 7.48. The van der Waals surface area contributed by atoms with E-state index < -0.39 is 11.7 Å². The van der Waals surface area contributed by atoms with E-state index in [-0.39, 0.29) is 5.56 Å². The Bertz CT molecular complexity index is 344. The summed E-state index contributed by atoms with van der Waals surface area (Å²) in [5.74, 6) is -1.27. The Morgan fingerprint density at radius 2 is 1.86 bits per heavy atom. The monoisotopic (exact) mass is 195 g/mol. The second-order valence-electron chi connectivity index (χ2n) is 2.50. The highest BCUT2D eigenvalue weighted by atomic mass is 16.5. The Labute approximate surface area is 80.3 Å². The smallest absolute Gasteiger partial charge is 0.315 e. The number of methoxy groups -OCH3 is 1. The van der Waals surface area contributed by atoms with E-state index in [1.54, 1.807) is 12.1 Å². The van der Waals surface area contributed by atoms with Gasteiger partial charge in [-0.05, 0) is 24.3 Å².